The van der Waals surface area contributed by atoms with Crippen molar-refractivity contribution in [1.82, 2.24) is 10.2 Å². The SMILES string of the molecule is Cc1ccccc1OCCCC(=O)N1CCNC(C)C1. The third-order valence-corrected chi connectivity index (χ3v) is 3.61. The molecule has 1 aromatic rings. The van der Waals surface area contributed by atoms with Gasteiger partial charge in [-0.2, -0.15) is 0 Å². The fraction of sp³-hybridized carbons (Fsp3) is 0.562. The zero-order chi connectivity index (χ0) is 14.4. The minimum atomic E-state index is 0.242. The van der Waals surface area contributed by atoms with Crippen molar-refractivity contribution in [1.29, 1.82) is 0 Å². The Bertz CT molecular complexity index is 448. The number of nitrogens with one attached hydrogen (secondary N) is 1. The standard InChI is InChI=1S/C16H24N2O2/c1-13-6-3-4-7-15(13)20-11-5-8-16(19)18-10-9-17-14(2)12-18/h3-4,6-7,14,17H,5,8-12H2,1-2H3. The van der Waals surface area contributed by atoms with Crippen LogP contribution in [-0.4, -0.2) is 43.1 Å². The first kappa shape index (κ1) is 14.9. The molecule has 1 aliphatic rings. The molecule has 4 nitrogen and oxygen atoms in total. The third-order valence-electron chi connectivity index (χ3n) is 3.61. The van der Waals surface area contributed by atoms with Gasteiger partial charge in [0.1, 0.15) is 5.75 Å². The second kappa shape index (κ2) is 7.29. The van der Waals surface area contributed by atoms with Crippen LogP contribution in [0, 0.1) is 6.92 Å². The second-order valence-electron chi connectivity index (χ2n) is 5.41. The maximum absolute atomic E-state index is 12.1. The molecule has 1 amide bonds. The number of nitrogens with zero attached hydrogens (tertiary/aromatic N) is 1. The molecule has 1 heterocycles. The molecular formula is C16H24N2O2. The number of rotatable bonds is 5. The average Bonchev–Trinajstić information content (AvgIpc) is 2.45. The van der Waals surface area contributed by atoms with Gasteiger partial charge < -0.3 is 15.0 Å². The first-order valence-electron chi connectivity index (χ1n) is 7.36. The number of para-hydroxylation sites is 1. The minimum absolute atomic E-state index is 0.242. The summed E-state index contributed by atoms with van der Waals surface area (Å²) in [4.78, 5) is 14.0. The van der Waals surface area contributed by atoms with Crippen molar-refractivity contribution in [3.63, 3.8) is 0 Å². The Kier molecular flexibility index (Phi) is 5.41. The van der Waals surface area contributed by atoms with E-state index >= 15 is 0 Å². The van der Waals surface area contributed by atoms with Crippen molar-refractivity contribution < 1.29 is 9.53 Å². The number of piperazine rings is 1. The van der Waals surface area contributed by atoms with Gasteiger partial charge in [-0.1, -0.05) is 18.2 Å². The summed E-state index contributed by atoms with van der Waals surface area (Å²) in [7, 11) is 0. The molecule has 1 aliphatic heterocycles. The molecule has 0 radical (unpaired) electrons. The minimum Gasteiger partial charge on any atom is -0.493 e. The maximum atomic E-state index is 12.1. The van der Waals surface area contributed by atoms with Gasteiger partial charge in [0.25, 0.3) is 0 Å². The highest BCUT2D eigenvalue weighted by Gasteiger charge is 2.19. The lowest BCUT2D eigenvalue weighted by Crippen LogP contribution is -2.51. The molecule has 0 spiro atoms. The van der Waals surface area contributed by atoms with E-state index in [-0.39, 0.29) is 5.91 Å². The summed E-state index contributed by atoms with van der Waals surface area (Å²) in [6.07, 6.45) is 1.34. The van der Waals surface area contributed by atoms with Crippen molar-refractivity contribution in [3.05, 3.63) is 29.8 Å². The average molecular weight is 276 g/mol. The molecule has 0 saturated carbocycles. The number of ether oxygens (including phenoxy) is 1. The first-order valence-corrected chi connectivity index (χ1v) is 7.36. The first-order chi connectivity index (χ1) is 9.66. The number of hydrogen-bond donors (Lipinski definition) is 1. The molecule has 0 aromatic heterocycles. The van der Waals surface area contributed by atoms with E-state index < -0.39 is 0 Å². The third kappa shape index (κ3) is 4.23. The molecular weight excluding hydrogens is 252 g/mol. The molecule has 20 heavy (non-hydrogen) atoms. The highest BCUT2D eigenvalue weighted by Crippen LogP contribution is 2.16. The van der Waals surface area contributed by atoms with E-state index in [1.807, 2.05) is 36.1 Å². The fourth-order valence-corrected chi connectivity index (χ4v) is 2.44. The second-order valence-corrected chi connectivity index (χ2v) is 5.41. The number of amides is 1. The maximum Gasteiger partial charge on any atom is 0.222 e. The number of hydrogen-bond acceptors (Lipinski definition) is 3. The van der Waals surface area contributed by atoms with Crippen LogP contribution in [0.4, 0.5) is 0 Å². The van der Waals surface area contributed by atoms with E-state index in [1.54, 1.807) is 0 Å². The van der Waals surface area contributed by atoms with E-state index in [4.69, 9.17) is 4.74 Å². The fourth-order valence-electron chi connectivity index (χ4n) is 2.44. The van der Waals surface area contributed by atoms with E-state index in [0.29, 0.717) is 19.1 Å². The Morgan fingerprint density at radius 3 is 3.00 bits per heavy atom. The summed E-state index contributed by atoms with van der Waals surface area (Å²) in [6, 6.07) is 8.36. The summed E-state index contributed by atoms with van der Waals surface area (Å²) in [5.74, 6) is 1.16. The van der Waals surface area contributed by atoms with Crippen molar-refractivity contribution in [2.75, 3.05) is 26.2 Å². The van der Waals surface area contributed by atoms with E-state index in [2.05, 4.69) is 12.2 Å². The van der Waals surface area contributed by atoms with Crippen LogP contribution in [0.1, 0.15) is 25.3 Å². The highest BCUT2D eigenvalue weighted by atomic mass is 16.5. The predicted octanol–water partition coefficient (Wildman–Crippen LogP) is 1.97. The summed E-state index contributed by atoms with van der Waals surface area (Å²) < 4.78 is 5.71. The lowest BCUT2D eigenvalue weighted by Gasteiger charge is -2.32. The summed E-state index contributed by atoms with van der Waals surface area (Å²) >= 11 is 0. The van der Waals surface area contributed by atoms with E-state index in [9.17, 15) is 4.79 Å². The Hall–Kier alpha value is -1.55. The zero-order valence-corrected chi connectivity index (χ0v) is 12.4. The lowest BCUT2D eigenvalue weighted by atomic mass is 10.2. The van der Waals surface area contributed by atoms with Gasteiger partial charge in [0, 0.05) is 32.1 Å². The van der Waals surface area contributed by atoms with Gasteiger partial charge in [-0.25, -0.2) is 0 Å². The van der Waals surface area contributed by atoms with Gasteiger partial charge in [-0.3, -0.25) is 4.79 Å². The molecule has 2 rings (SSSR count). The van der Waals surface area contributed by atoms with Crippen molar-refractivity contribution in [2.45, 2.75) is 32.7 Å². The molecule has 110 valence electrons. The van der Waals surface area contributed by atoms with Crippen molar-refractivity contribution in [3.8, 4) is 5.75 Å². The van der Waals surface area contributed by atoms with Gasteiger partial charge in [0.05, 0.1) is 6.61 Å². The Labute approximate surface area is 121 Å². The van der Waals surface area contributed by atoms with E-state index in [1.165, 1.54) is 0 Å². The van der Waals surface area contributed by atoms with Crippen LogP contribution < -0.4 is 10.1 Å². The number of carbonyl (C=O) groups excluding carboxylic acids is 1. The van der Waals surface area contributed by atoms with Gasteiger partial charge >= 0.3 is 0 Å². The Balaban J connectivity index is 1.68. The Morgan fingerprint density at radius 2 is 2.25 bits per heavy atom. The van der Waals surface area contributed by atoms with Crippen LogP contribution in [0.5, 0.6) is 5.75 Å². The summed E-state index contributed by atoms with van der Waals surface area (Å²) in [5, 5.41) is 3.34. The normalized spacial score (nSPS) is 18.9. The molecule has 1 fully saturated rings. The lowest BCUT2D eigenvalue weighted by molar-refractivity contribution is -0.132. The molecule has 1 aromatic carbocycles. The topological polar surface area (TPSA) is 41.6 Å². The van der Waals surface area contributed by atoms with Crippen LogP contribution in [-0.2, 0) is 4.79 Å². The molecule has 0 aliphatic carbocycles. The van der Waals surface area contributed by atoms with Crippen molar-refractivity contribution in [2.24, 2.45) is 0 Å². The van der Waals surface area contributed by atoms with Crippen LogP contribution in [0.2, 0.25) is 0 Å². The van der Waals surface area contributed by atoms with Crippen molar-refractivity contribution >= 4 is 5.91 Å². The smallest absolute Gasteiger partial charge is 0.222 e. The molecule has 1 saturated heterocycles. The largest absolute Gasteiger partial charge is 0.493 e. The zero-order valence-electron chi connectivity index (χ0n) is 12.4. The van der Waals surface area contributed by atoms with Gasteiger partial charge in [0.15, 0.2) is 0 Å². The molecule has 1 unspecified atom stereocenters. The van der Waals surface area contributed by atoms with Gasteiger partial charge in [-0.05, 0) is 31.9 Å². The quantitative estimate of drug-likeness (QED) is 0.836. The van der Waals surface area contributed by atoms with Crippen LogP contribution in [0.3, 0.4) is 0 Å². The van der Waals surface area contributed by atoms with E-state index in [0.717, 1.165) is 37.4 Å². The predicted molar refractivity (Wildman–Crippen MR) is 80.0 cm³/mol. The molecule has 4 heteroatoms. The summed E-state index contributed by atoms with van der Waals surface area (Å²) in [5.41, 5.74) is 1.13. The molecule has 0 bridgehead atoms. The number of benzene rings is 1. The van der Waals surface area contributed by atoms with Crippen LogP contribution >= 0.6 is 0 Å². The molecule has 1 atom stereocenters. The van der Waals surface area contributed by atoms with Gasteiger partial charge in [-0.15, -0.1) is 0 Å². The highest BCUT2D eigenvalue weighted by molar-refractivity contribution is 5.76. The van der Waals surface area contributed by atoms with Gasteiger partial charge in [0.2, 0.25) is 5.91 Å². The summed E-state index contributed by atoms with van der Waals surface area (Å²) in [6.45, 7) is 7.27. The Morgan fingerprint density at radius 1 is 1.45 bits per heavy atom. The van der Waals surface area contributed by atoms with Crippen LogP contribution in [0.25, 0.3) is 0 Å². The number of aryl methyl sites for hydroxylation is 1. The molecule has 1 N–H and O–H groups in total. The van der Waals surface area contributed by atoms with Crippen LogP contribution in [0.15, 0.2) is 24.3 Å². The monoisotopic (exact) mass is 276 g/mol. The number of carbonyl (C=O) groups is 1.